The van der Waals surface area contributed by atoms with Gasteiger partial charge in [-0.25, -0.2) is 0 Å². The second-order valence-electron chi connectivity index (χ2n) is 12.9. The van der Waals surface area contributed by atoms with Crippen LogP contribution in [0.1, 0.15) is 206 Å². The van der Waals surface area contributed by atoms with Crippen LogP contribution < -0.4 is 0 Å². The average molecular weight is 599 g/mol. The highest BCUT2D eigenvalue weighted by Gasteiger charge is 2.13. The second kappa shape index (κ2) is 31.7. The van der Waals surface area contributed by atoms with Crippen LogP contribution >= 0.6 is 24.4 Å². The third kappa shape index (κ3) is 30.7. The molecule has 238 valence electrons. The van der Waals surface area contributed by atoms with Gasteiger partial charge >= 0.3 is 0 Å². The van der Waals surface area contributed by atoms with E-state index in [4.69, 9.17) is 24.4 Å². The molecule has 2 nitrogen and oxygen atoms in total. The first-order valence-corrected chi connectivity index (χ1v) is 18.7. The van der Waals surface area contributed by atoms with Crippen LogP contribution in [0.3, 0.4) is 0 Å². The molecule has 0 aromatic rings. The summed E-state index contributed by atoms with van der Waals surface area (Å²) < 4.78 is 0. The fourth-order valence-electron chi connectivity index (χ4n) is 6.25. The first kappa shape index (κ1) is 39.8. The highest BCUT2D eigenvalue weighted by molar-refractivity contribution is 7.80. The molecule has 0 aromatic carbocycles. The van der Waals surface area contributed by atoms with E-state index < -0.39 is 0 Å². The summed E-state index contributed by atoms with van der Waals surface area (Å²) in [6, 6.07) is 0. The van der Waals surface area contributed by atoms with Gasteiger partial charge in [0.05, 0.1) is 0 Å². The van der Waals surface area contributed by atoms with Crippen LogP contribution in [0.4, 0.5) is 0 Å². The van der Waals surface area contributed by atoms with Crippen molar-refractivity contribution < 1.29 is 10.2 Å². The van der Waals surface area contributed by atoms with Crippen molar-refractivity contribution in [2.24, 2.45) is 11.8 Å². The Morgan fingerprint density at radius 1 is 0.375 bits per heavy atom. The van der Waals surface area contributed by atoms with Crippen molar-refractivity contribution in [3.8, 4) is 0 Å². The maximum absolute atomic E-state index is 9.73. The molecule has 0 aliphatic carbocycles. The number of aliphatic hydroxyl groups excluding tert-OH is 2. The standard InChI is InChI=1S/C36H70O2S2/c1-3-5-7-9-11-13-15-17-19-23-27-33(31-35(37)39)29-25-21-22-26-30-34(32-36(38)40)28-24-20-18-16-14-12-10-8-6-4-2/h33-34H,3-32H2,1-2H3,(H,37,39)(H,38,40). The zero-order valence-corrected chi connectivity index (χ0v) is 28.7. The molecular formula is C36H70O2S2. The van der Waals surface area contributed by atoms with Crippen molar-refractivity contribution in [1.82, 2.24) is 0 Å². The molecule has 0 fully saturated rings. The summed E-state index contributed by atoms with van der Waals surface area (Å²) in [7, 11) is 0. The fourth-order valence-corrected chi connectivity index (χ4v) is 6.72. The van der Waals surface area contributed by atoms with Crippen molar-refractivity contribution in [1.29, 1.82) is 0 Å². The first-order chi connectivity index (χ1) is 19.5. The lowest BCUT2D eigenvalue weighted by Crippen LogP contribution is -2.08. The van der Waals surface area contributed by atoms with Crippen LogP contribution in [0.15, 0.2) is 0 Å². The fraction of sp³-hybridized carbons (Fsp3) is 0.944. The van der Waals surface area contributed by atoms with Gasteiger partial charge < -0.3 is 10.2 Å². The van der Waals surface area contributed by atoms with Gasteiger partial charge in [-0.2, -0.15) is 0 Å². The Morgan fingerprint density at radius 2 is 0.575 bits per heavy atom. The number of hydrogen-bond acceptors (Lipinski definition) is 2. The van der Waals surface area contributed by atoms with E-state index in [1.807, 2.05) is 0 Å². The molecule has 4 heteroatoms. The van der Waals surface area contributed by atoms with Crippen molar-refractivity contribution in [3.05, 3.63) is 0 Å². The summed E-state index contributed by atoms with van der Waals surface area (Å²) in [5, 5.41) is 19.9. The van der Waals surface area contributed by atoms with E-state index in [0.717, 1.165) is 0 Å². The van der Waals surface area contributed by atoms with Gasteiger partial charge in [0.1, 0.15) is 0 Å². The van der Waals surface area contributed by atoms with Crippen LogP contribution in [0.5, 0.6) is 0 Å². The predicted octanol–water partition coefficient (Wildman–Crippen LogP) is 13.7. The van der Waals surface area contributed by atoms with E-state index in [1.165, 1.54) is 180 Å². The molecule has 0 rings (SSSR count). The van der Waals surface area contributed by atoms with E-state index in [-0.39, 0.29) is 10.1 Å². The molecule has 2 atom stereocenters. The van der Waals surface area contributed by atoms with Crippen molar-refractivity contribution in [3.63, 3.8) is 0 Å². The van der Waals surface area contributed by atoms with E-state index in [9.17, 15) is 10.2 Å². The average Bonchev–Trinajstić information content (AvgIpc) is 2.91. The number of unbranched alkanes of at least 4 members (excludes halogenated alkanes) is 21. The zero-order chi connectivity index (χ0) is 29.5. The largest absolute Gasteiger partial charge is 0.502 e. The van der Waals surface area contributed by atoms with Crippen LogP contribution in [0.2, 0.25) is 0 Å². The highest BCUT2D eigenvalue weighted by atomic mass is 32.1. The van der Waals surface area contributed by atoms with Gasteiger partial charge in [-0.1, -0.05) is 168 Å². The van der Waals surface area contributed by atoms with E-state index in [1.54, 1.807) is 0 Å². The Balaban J connectivity index is 3.91. The molecule has 2 unspecified atom stereocenters. The van der Waals surface area contributed by atoms with Crippen LogP contribution in [0.25, 0.3) is 0 Å². The topological polar surface area (TPSA) is 40.5 Å². The monoisotopic (exact) mass is 598 g/mol. The molecule has 40 heavy (non-hydrogen) atoms. The molecule has 0 saturated carbocycles. The molecule has 0 bridgehead atoms. The molecule has 0 aliphatic rings. The summed E-state index contributed by atoms with van der Waals surface area (Å²) in [6.07, 6.45) is 38.7. The normalized spacial score (nSPS) is 12.9. The van der Waals surface area contributed by atoms with E-state index >= 15 is 0 Å². The minimum atomic E-state index is 0.201. The first-order valence-electron chi connectivity index (χ1n) is 17.9. The number of thiocarbonyl (C=S) groups is 2. The van der Waals surface area contributed by atoms with Gasteiger partial charge in [-0.15, -0.1) is 0 Å². The van der Waals surface area contributed by atoms with Gasteiger partial charge in [0.2, 0.25) is 0 Å². The number of hydrogen-bond donors (Lipinski definition) is 2. The molecule has 0 radical (unpaired) electrons. The Bertz CT molecular complexity index is 503. The minimum Gasteiger partial charge on any atom is -0.502 e. The Kier molecular flexibility index (Phi) is 31.5. The zero-order valence-electron chi connectivity index (χ0n) is 27.1. The summed E-state index contributed by atoms with van der Waals surface area (Å²) in [5.41, 5.74) is 0. The van der Waals surface area contributed by atoms with Crippen molar-refractivity contribution in [2.45, 2.75) is 206 Å². The van der Waals surface area contributed by atoms with Crippen molar-refractivity contribution in [2.75, 3.05) is 0 Å². The quantitative estimate of drug-likeness (QED) is 0.0582. The SMILES string of the molecule is CCCCCCCCCCCCC(CCCCCCC(CCCCCCCCCCCC)CC(O)=S)CC(O)=S. The second-order valence-corrected chi connectivity index (χ2v) is 13.8. The highest BCUT2D eigenvalue weighted by Crippen LogP contribution is 2.25. The van der Waals surface area contributed by atoms with Crippen LogP contribution in [-0.4, -0.2) is 20.3 Å². The van der Waals surface area contributed by atoms with Crippen molar-refractivity contribution >= 4 is 34.5 Å². The Labute approximate surface area is 262 Å². The number of rotatable bonds is 33. The van der Waals surface area contributed by atoms with Gasteiger partial charge in [-0.05, 0) is 62.0 Å². The predicted molar refractivity (Wildman–Crippen MR) is 187 cm³/mol. The molecule has 2 N–H and O–H groups in total. The van der Waals surface area contributed by atoms with E-state index in [2.05, 4.69) is 13.8 Å². The Morgan fingerprint density at radius 3 is 0.775 bits per heavy atom. The number of aliphatic hydroxyl groups is 2. The molecule has 0 amide bonds. The molecule has 0 aliphatic heterocycles. The minimum absolute atomic E-state index is 0.201. The summed E-state index contributed by atoms with van der Waals surface area (Å²) in [5.74, 6) is 1.12. The molecular weight excluding hydrogens is 529 g/mol. The summed E-state index contributed by atoms with van der Waals surface area (Å²) in [6.45, 7) is 4.56. The van der Waals surface area contributed by atoms with E-state index in [0.29, 0.717) is 24.7 Å². The van der Waals surface area contributed by atoms with Crippen LogP contribution in [0, 0.1) is 11.8 Å². The van der Waals surface area contributed by atoms with Crippen LogP contribution in [-0.2, 0) is 0 Å². The smallest absolute Gasteiger partial charge is 0.156 e. The molecule has 0 aromatic heterocycles. The summed E-state index contributed by atoms with van der Waals surface area (Å²) >= 11 is 10.1. The molecule has 0 heterocycles. The van der Waals surface area contributed by atoms with Gasteiger partial charge in [0.15, 0.2) is 10.1 Å². The summed E-state index contributed by atoms with van der Waals surface area (Å²) in [4.78, 5) is 0. The third-order valence-corrected chi connectivity index (χ3v) is 9.17. The maximum Gasteiger partial charge on any atom is 0.156 e. The lowest BCUT2D eigenvalue weighted by Gasteiger charge is -2.17. The lowest BCUT2D eigenvalue weighted by molar-refractivity contribution is 0.379. The Hall–Kier alpha value is -0.220. The lowest BCUT2D eigenvalue weighted by atomic mass is 9.90. The third-order valence-electron chi connectivity index (χ3n) is 8.83. The maximum atomic E-state index is 9.73. The van der Waals surface area contributed by atoms with Gasteiger partial charge in [-0.3, -0.25) is 0 Å². The van der Waals surface area contributed by atoms with Gasteiger partial charge in [0.25, 0.3) is 0 Å². The molecule has 0 spiro atoms. The van der Waals surface area contributed by atoms with Gasteiger partial charge in [0, 0.05) is 12.8 Å². The molecule has 0 saturated heterocycles.